The molecule has 0 atom stereocenters. The van der Waals surface area contributed by atoms with Gasteiger partial charge < -0.3 is 5.32 Å². The molecule has 5 nitrogen and oxygen atoms in total. The van der Waals surface area contributed by atoms with E-state index in [0.717, 1.165) is 11.3 Å². The molecule has 0 aliphatic rings. The maximum atomic E-state index is 11.6. The number of benzene rings is 1. The van der Waals surface area contributed by atoms with Crippen LogP contribution in [0.1, 0.15) is 5.56 Å². The van der Waals surface area contributed by atoms with E-state index in [1.807, 2.05) is 31.2 Å². The van der Waals surface area contributed by atoms with E-state index in [1.165, 1.54) is 12.4 Å². The zero-order valence-electron chi connectivity index (χ0n) is 9.64. The highest BCUT2D eigenvalue weighted by atomic mass is 79.9. The van der Waals surface area contributed by atoms with Gasteiger partial charge in [-0.15, -0.1) is 0 Å². The minimum absolute atomic E-state index is 0.351. The molecule has 2 rings (SSSR count). The summed E-state index contributed by atoms with van der Waals surface area (Å²) in [5.74, 6) is 0.391. The Labute approximate surface area is 113 Å². The fourth-order valence-electron chi connectivity index (χ4n) is 1.29. The van der Waals surface area contributed by atoms with Gasteiger partial charge in [-0.25, -0.2) is 14.8 Å². The molecular formula is C12H11BrN4O. The average Bonchev–Trinajstić information content (AvgIpc) is 2.35. The number of rotatable bonds is 2. The molecule has 0 radical (unpaired) electrons. The largest absolute Gasteiger partial charge is 0.324 e. The molecule has 1 aromatic heterocycles. The summed E-state index contributed by atoms with van der Waals surface area (Å²) in [5, 5.41) is 5.29. The van der Waals surface area contributed by atoms with Crippen LogP contribution >= 0.6 is 15.9 Å². The number of nitrogens with zero attached hydrogens (tertiary/aromatic N) is 2. The van der Waals surface area contributed by atoms with Gasteiger partial charge in [0.05, 0.1) is 12.4 Å². The predicted molar refractivity (Wildman–Crippen MR) is 73.6 cm³/mol. The zero-order valence-corrected chi connectivity index (χ0v) is 11.2. The summed E-state index contributed by atoms with van der Waals surface area (Å²) in [6.07, 6.45) is 2.99. The molecule has 0 saturated heterocycles. The number of nitrogens with one attached hydrogen (secondary N) is 2. The van der Waals surface area contributed by atoms with Crippen LogP contribution in [-0.4, -0.2) is 16.0 Å². The molecule has 6 heteroatoms. The van der Waals surface area contributed by atoms with Crippen molar-refractivity contribution in [2.75, 3.05) is 10.6 Å². The number of halogens is 1. The fourth-order valence-corrected chi connectivity index (χ4v) is 1.50. The van der Waals surface area contributed by atoms with Gasteiger partial charge in [0.1, 0.15) is 4.60 Å². The summed E-state index contributed by atoms with van der Waals surface area (Å²) in [6, 6.07) is 7.17. The Hall–Kier alpha value is -1.95. The summed E-state index contributed by atoms with van der Waals surface area (Å²) in [7, 11) is 0. The number of hydrogen-bond acceptors (Lipinski definition) is 3. The smallest absolute Gasteiger partial charge is 0.308 e. The predicted octanol–water partition coefficient (Wildman–Crippen LogP) is 3.19. The SMILES string of the molecule is Cc1ccc(NC(=O)Nc2cnc(Br)cn2)cc1. The first-order valence-electron chi connectivity index (χ1n) is 5.26. The van der Waals surface area contributed by atoms with Gasteiger partial charge in [0.25, 0.3) is 0 Å². The molecule has 0 aliphatic heterocycles. The summed E-state index contributed by atoms with van der Waals surface area (Å²) < 4.78 is 0.618. The lowest BCUT2D eigenvalue weighted by Crippen LogP contribution is -2.20. The lowest BCUT2D eigenvalue weighted by atomic mass is 10.2. The molecule has 0 saturated carbocycles. The maximum Gasteiger partial charge on any atom is 0.324 e. The first-order chi connectivity index (χ1) is 8.63. The number of carbonyl (C=O) groups is 1. The molecule has 1 aromatic carbocycles. The molecule has 1 heterocycles. The van der Waals surface area contributed by atoms with Gasteiger partial charge in [-0.05, 0) is 35.0 Å². The minimum atomic E-state index is -0.351. The van der Waals surface area contributed by atoms with Crippen LogP contribution in [0.15, 0.2) is 41.3 Å². The molecule has 2 aromatic rings. The quantitative estimate of drug-likeness (QED) is 0.895. The Morgan fingerprint density at radius 1 is 1.11 bits per heavy atom. The third kappa shape index (κ3) is 3.53. The van der Waals surface area contributed by atoms with E-state index in [-0.39, 0.29) is 6.03 Å². The molecule has 92 valence electrons. The van der Waals surface area contributed by atoms with E-state index >= 15 is 0 Å². The van der Waals surface area contributed by atoms with Gasteiger partial charge in [0.15, 0.2) is 5.82 Å². The topological polar surface area (TPSA) is 66.9 Å². The zero-order chi connectivity index (χ0) is 13.0. The highest BCUT2D eigenvalue weighted by molar-refractivity contribution is 9.10. The molecule has 0 bridgehead atoms. The van der Waals surface area contributed by atoms with Gasteiger partial charge in [0.2, 0.25) is 0 Å². The van der Waals surface area contributed by atoms with E-state index in [2.05, 4.69) is 36.5 Å². The Morgan fingerprint density at radius 3 is 2.44 bits per heavy atom. The monoisotopic (exact) mass is 306 g/mol. The summed E-state index contributed by atoms with van der Waals surface area (Å²) in [6.45, 7) is 1.99. The van der Waals surface area contributed by atoms with Crippen molar-refractivity contribution in [2.24, 2.45) is 0 Å². The molecule has 0 aliphatic carbocycles. The second-order valence-electron chi connectivity index (χ2n) is 3.67. The van der Waals surface area contributed by atoms with Crippen molar-refractivity contribution >= 4 is 33.5 Å². The van der Waals surface area contributed by atoms with E-state index in [4.69, 9.17) is 0 Å². The molecule has 0 unspecified atom stereocenters. The third-order valence-electron chi connectivity index (χ3n) is 2.17. The Bertz CT molecular complexity index is 490. The minimum Gasteiger partial charge on any atom is -0.308 e. The normalized spacial score (nSPS) is 9.89. The van der Waals surface area contributed by atoms with Gasteiger partial charge in [0, 0.05) is 5.69 Å². The highest BCUT2D eigenvalue weighted by Gasteiger charge is 2.03. The lowest BCUT2D eigenvalue weighted by Gasteiger charge is -2.06. The van der Waals surface area contributed by atoms with Crippen LogP contribution in [0.3, 0.4) is 0 Å². The highest BCUT2D eigenvalue weighted by Crippen LogP contribution is 2.10. The number of aryl methyl sites for hydroxylation is 1. The Balaban J connectivity index is 1.96. The van der Waals surface area contributed by atoms with Gasteiger partial charge >= 0.3 is 6.03 Å². The third-order valence-corrected chi connectivity index (χ3v) is 2.58. The van der Waals surface area contributed by atoms with Crippen molar-refractivity contribution in [2.45, 2.75) is 6.92 Å². The van der Waals surface area contributed by atoms with Crippen LogP contribution < -0.4 is 10.6 Å². The number of anilines is 2. The van der Waals surface area contributed by atoms with Crippen molar-refractivity contribution < 1.29 is 4.79 Å². The van der Waals surface area contributed by atoms with Crippen LogP contribution in [0.5, 0.6) is 0 Å². The van der Waals surface area contributed by atoms with E-state index in [1.54, 1.807) is 0 Å². The lowest BCUT2D eigenvalue weighted by molar-refractivity contribution is 0.262. The summed E-state index contributed by atoms with van der Waals surface area (Å²) in [5.41, 5.74) is 1.86. The van der Waals surface area contributed by atoms with E-state index in [0.29, 0.717) is 10.4 Å². The van der Waals surface area contributed by atoms with Crippen LogP contribution in [0, 0.1) is 6.92 Å². The van der Waals surface area contributed by atoms with Gasteiger partial charge in [-0.2, -0.15) is 0 Å². The maximum absolute atomic E-state index is 11.6. The number of hydrogen-bond donors (Lipinski definition) is 2. The number of carbonyl (C=O) groups excluding carboxylic acids is 1. The average molecular weight is 307 g/mol. The number of amides is 2. The number of aromatic nitrogens is 2. The van der Waals surface area contributed by atoms with E-state index < -0.39 is 0 Å². The van der Waals surface area contributed by atoms with Crippen molar-refractivity contribution in [3.05, 3.63) is 46.8 Å². The van der Waals surface area contributed by atoms with Crippen LogP contribution in [-0.2, 0) is 0 Å². The van der Waals surface area contributed by atoms with Crippen molar-refractivity contribution in [1.82, 2.24) is 9.97 Å². The second-order valence-corrected chi connectivity index (χ2v) is 4.48. The molecule has 18 heavy (non-hydrogen) atoms. The van der Waals surface area contributed by atoms with Gasteiger partial charge in [-0.1, -0.05) is 17.7 Å². The standard InChI is InChI=1S/C12H11BrN4O/c1-8-2-4-9(5-3-8)16-12(18)17-11-7-14-10(13)6-15-11/h2-7H,1H3,(H2,15,16,17,18). The molecule has 0 fully saturated rings. The Morgan fingerprint density at radius 2 is 1.83 bits per heavy atom. The number of urea groups is 1. The Kier molecular flexibility index (Phi) is 3.88. The van der Waals surface area contributed by atoms with Crippen molar-refractivity contribution in [3.63, 3.8) is 0 Å². The van der Waals surface area contributed by atoms with Crippen molar-refractivity contribution in [1.29, 1.82) is 0 Å². The fraction of sp³-hybridized carbons (Fsp3) is 0.0833. The first-order valence-corrected chi connectivity index (χ1v) is 6.05. The van der Waals surface area contributed by atoms with Gasteiger partial charge in [-0.3, -0.25) is 5.32 Å². The molecule has 2 amide bonds. The second kappa shape index (κ2) is 5.59. The van der Waals surface area contributed by atoms with Crippen LogP contribution in [0.4, 0.5) is 16.3 Å². The van der Waals surface area contributed by atoms with E-state index in [9.17, 15) is 4.79 Å². The van der Waals surface area contributed by atoms with Crippen LogP contribution in [0.25, 0.3) is 0 Å². The summed E-state index contributed by atoms with van der Waals surface area (Å²) in [4.78, 5) is 19.6. The molecular weight excluding hydrogens is 296 g/mol. The van der Waals surface area contributed by atoms with Crippen molar-refractivity contribution in [3.8, 4) is 0 Å². The first kappa shape index (κ1) is 12.5. The summed E-state index contributed by atoms with van der Waals surface area (Å²) >= 11 is 3.17. The molecule has 0 spiro atoms. The molecule has 2 N–H and O–H groups in total. The van der Waals surface area contributed by atoms with Crippen LogP contribution in [0.2, 0.25) is 0 Å².